The minimum absolute atomic E-state index is 0.548. The van der Waals surface area contributed by atoms with Gasteiger partial charge in [0.05, 0.1) is 6.26 Å². The van der Waals surface area contributed by atoms with Crippen LogP contribution in [-0.2, 0) is 26.2 Å². The van der Waals surface area contributed by atoms with Gasteiger partial charge in [0, 0.05) is 51.9 Å². The maximum Gasteiger partial charge on any atom is 0.414 e. The van der Waals surface area contributed by atoms with Gasteiger partial charge in [-0.2, -0.15) is 0 Å². The van der Waals surface area contributed by atoms with Gasteiger partial charge in [-0.15, -0.1) is 0 Å². The van der Waals surface area contributed by atoms with E-state index in [-0.39, 0.29) is 0 Å². The van der Waals surface area contributed by atoms with Crippen molar-refractivity contribution in [1.82, 2.24) is 14.1 Å². The molecule has 0 spiro atoms. The second-order valence-corrected chi connectivity index (χ2v) is 9.28. The Morgan fingerprint density at radius 2 is 1.45 bits per heavy atom. The van der Waals surface area contributed by atoms with Crippen LogP contribution >= 0.6 is 0 Å². The van der Waals surface area contributed by atoms with Gasteiger partial charge in [0.25, 0.3) is 0 Å². The van der Waals surface area contributed by atoms with Crippen molar-refractivity contribution in [2.24, 2.45) is 0 Å². The first kappa shape index (κ1) is 23.3. The van der Waals surface area contributed by atoms with E-state index in [1.165, 1.54) is 11.8 Å². The summed E-state index contributed by atoms with van der Waals surface area (Å²) >= 11 is 0. The fraction of sp³-hybridized carbons (Fsp3) is 0.579. The summed E-state index contributed by atoms with van der Waals surface area (Å²) in [5.74, 6) is -3.65. The normalized spacial score (nSPS) is 19.9. The number of carbonyl (C=O) groups is 2. The van der Waals surface area contributed by atoms with Crippen LogP contribution < -0.4 is 0 Å². The second-order valence-electron chi connectivity index (χ2n) is 7.30. The summed E-state index contributed by atoms with van der Waals surface area (Å²) in [5.41, 5.74) is 1.38. The molecular formula is C19H29N3O6S. The monoisotopic (exact) mass is 427 g/mol. The molecule has 10 heteroatoms. The van der Waals surface area contributed by atoms with E-state index in [0.29, 0.717) is 19.1 Å². The van der Waals surface area contributed by atoms with E-state index < -0.39 is 22.0 Å². The van der Waals surface area contributed by atoms with Crippen LogP contribution in [0, 0.1) is 0 Å². The Hall–Kier alpha value is -2.01. The van der Waals surface area contributed by atoms with E-state index in [2.05, 4.69) is 40.1 Å². The van der Waals surface area contributed by atoms with Crippen LogP contribution in [0.15, 0.2) is 30.3 Å². The number of aliphatic carboxylic acids is 2. The van der Waals surface area contributed by atoms with E-state index in [4.69, 9.17) is 19.8 Å². The highest BCUT2D eigenvalue weighted by Gasteiger charge is 2.30. The molecule has 29 heavy (non-hydrogen) atoms. The Morgan fingerprint density at radius 1 is 0.931 bits per heavy atom. The van der Waals surface area contributed by atoms with Crippen molar-refractivity contribution in [3.63, 3.8) is 0 Å². The Labute approximate surface area is 171 Å². The van der Waals surface area contributed by atoms with Gasteiger partial charge in [0.1, 0.15) is 0 Å². The molecule has 2 heterocycles. The number of hydrogen-bond acceptors (Lipinski definition) is 6. The van der Waals surface area contributed by atoms with Crippen molar-refractivity contribution < 1.29 is 28.2 Å². The van der Waals surface area contributed by atoms with Crippen molar-refractivity contribution in [2.75, 3.05) is 45.5 Å². The second kappa shape index (κ2) is 10.7. The zero-order valence-electron chi connectivity index (χ0n) is 16.6. The number of piperidine rings is 1. The molecule has 3 rings (SSSR count). The largest absolute Gasteiger partial charge is 0.473 e. The zero-order valence-corrected chi connectivity index (χ0v) is 17.4. The summed E-state index contributed by atoms with van der Waals surface area (Å²) in [6, 6.07) is 11.2. The smallest absolute Gasteiger partial charge is 0.414 e. The molecule has 2 N–H and O–H groups in total. The maximum absolute atomic E-state index is 11.6. The minimum Gasteiger partial charge on any atom is -0.473 e. The molecule has 162 valence electrons. The van der Waals surface area contributed by atoms with Crippen LogP contribution in [0.5, 0.6) is 0 Å². The predicted molar refractivity (Wildman–Crippen MR) is 108 cm³/mol. The predicted octanol–water partition coefficient (Wildman–Crippen LogP) is 0.384. The van der Waals surface area contributed by atoms with Crippen LogP contribution in [0.1, 0.15) is 18.4 Å². The topological polar surface area (TPSA) is 118 Å². The quantitative estimate of drug-likeness (QED) is 0.662. The number of nitrogens with zero attached hydrogens (tertiary/aromatic N) is 3. The van der Waals surface area contributed by atoms with Gasteiger partial charge >= 0.3 is 11.9 Å². The summed E-state index contributed by atoms with van der Waals surface area (Å²) in [6.07, 6.45) is 3.24. The molecule has 0 saturated carbocycles. The van der Waals surface area contributed by atoms with Crippen LogP contribution in [0.25, 0.3) is 0 Å². The Balaban J connectivity index is 0.000000438. The van der Waals surface area contributed by atoms with Crippen molar-refractivity contribution >= 4 is 22.0 Å². The maximum atomic E-state index is 11.6. The number of rotatable bonds is 4. The Bertz CT molecular complexity index is 758. The molecule has 0 radical (unpaired) electrons. The van der Waals surface area contributed by atoms with E-state index in [9.17, 15) is 8.42 Å². The summed E-state index contributed by atoms with van der Waals surface area (Å²) in [6.45, 7) is 6.76. The van der Waals surface area contributed by atoms with Crippen molar-refractivity contribution in [1.29, 1.82) is 0 Å². The number of sulfonamides is 1. The fourth-order valence-electron chi connectivity index (χ4n) is 3.67. The number of carboxylic acid groups (broad SMARTS) is 2. The van der Waals surface area contributed by atoms with E-state index in [0.717, 1.165) is 45.6 Å². The van der Waals surface area contributed by atoms with Crippen molar-refractivity contribution in [3.05, 3.63) is 35.9 Å². The molecule has 2 fully saturated rings. The molecule has 2 aliphatic rings. The Kier molecular flexibility index (Phi) is 8.57. The lowest BCUT2D eigenvalue weighted by Gasteiger charge is -2.42. The average Bonchev–Trinajstić information content (AvgIpc) is 2.69. The van der Waals surface area contributed by atoms with Gasteiger partial charge in [-0.1, -0.05) is 30.3 Å². The molecule has 0 aliphatic carbocycles. The third kappa shape index (κ3) is 7.73. The standard InChI is InChI=1S/C17H27N3O2S.C2H2O4/c1-23(21,22)20-9-7-17(8-10-20)19-13-11-18(12-14-19)15-16-5-3-2-4-6-16;3-1(4)2(5)6/h2-6,17H,7-15H2,1H3;(H,3,4)(H,5,6). The number of carboxylic acids is 2. The van der Waals surface area contributed by atoms with Crippen molar-refractivity contribution in [2.45, 2.75) is 25.4 Å². The van der Waals surface area contributed by atoms with Crippen LogP contribution in [0.4, 0.5) is 0 Å². The average molecular weight is 428 g/mol. The van der Waals surface area contributed by atoms with E-state index >= 15 is 0 Å². The summed E-state index contributed by atoms with van der Waals surface area (Å²) in [7, 11) is -3.02. The lowest BCUT2D eigenvalue weighted by atomic mass is 10.0. The van der Waals surface area contributed by atoms with E-state index in [1.807, 2.05) is 0 Å². The fourth-order valence-corrected chi connectivity index (χ4v) is 4.54. The summed E-state index contributed by atoms with van der Waals surface area (Å²) in [5, 5.41) is 14.8. The summed E-state index contributed by atoms with van der Waals surface area (Å²) < 4.78 is 24.8. The molecule has 0 bridgehead atoms. The Morgan fingerprint density at radius 3 is 1.90 bits per heavy atom. The lowest BCUT2D eigenvalue weighted by Crippen LogP contribution is -2.53. The minimum atomic E-state index is -3.02. The van der Waals surface area contributed by atoms with Gasteiger partial charge < -0.3 is 10.2 Å². The third-order valence-electron chi connectivity index (χ3n) is 5.25. The molecule has 0 unspecified atom stereocenters. The SMILES string of the molecule is CS(=O)(=O)N1CCC(N2CCN(Cc3ccccc3)CC2)CC1.O=C(O)C(=O)O. The molecule has 0 atom stereocenters. The third-order valence-corrected chi connectivity index (χ3v) is 6.55. The highest BCUT2D eigenvalue weighted by atomic mass is 32.2. The van der Waals surface area contributed by atoms with Gasteiger partial charge in [-0.05, 0) is 18.4 Å². The zero-order chi connectivity index (χ0) is 21.4. The van der Waals surface area contributed by atoms with Crippen molar-refractivity contribution in [3.8, 4) is 0 Å². The van der Waals surface area contributed by atoms with Crippen LogP contribution in [0.2, 0.25) is 0 Å². The van der Waals surface area contributed by atoms with Gasteiger partial charge in [0.2, 0.25) is 10.0 Å². The molecule has 1 aromatic carbocycles. The molecule has 0 amide bonds. The first-order chi connectivity index (χ1) is 13.7. The van der Waals surface area contributed by atoms with Gasteiger partial charge in [0.15, 0.2) is 0 Å². The number of hydrogen-bond donors (Lipinski definition) is 2. The first-order valence-corrected chi connectivity index (χ1v) is 11.4. The molecule has 0 aromatic heterocycles. The molecule has 9 nitrogen and oxygen atoms in total. The highest BCUT2D eigenvalue weighted by Crippen LogP contribution is 2.20. The molecule has 2 saturated heterocycles. The lowest BCUT2D eigenvalue weighted by molar-refractivity contribution is -0.159. The number of benzene rings is 1. The number of piperazine rings is 1. The molecule has 2 aliphatic heterocycles. The highest BCUT2D eigenvalue weighted by molar-refractivity contribution is 7.88. The molecular weight excluding hydrogens is 398 g/mol. The summed E-state index contributed by atoms with van der Waals surface area (Å²) in [4.78, 5) is 23.3. The van der Waals surface area contributed by atoms with Crippen LogP contribution in [0.3, 0.4) is 0 Å². The van der Waals surface area contributed by atoms with Gasteiger partial charge in [-0.3, -0.25) is 9.80 Å². The molecule has 1 aromatic rings. The van der Waals surface area contributed by atoms with Gasteiger partial charge in [-0.25, -0.2) is 22.3 Å². The first-order valence-electron chi connectivity index (χ1n) is 9.58. The van der Waals surface area contributed by atoms with Crippen LogP contribution in [-0.4, -0.2) is 96.2 Å². The van der Waals surface area contributed by atoms with E-state index in [1.54, 1.807) is 4.31 Å².